The molecule has 0 amide bonds. The van der Waals surface area contributed by atoms with E-state index < -0.39 is 5.56 Å². The van der Waals surface area contributed by atoms with E-state index in [2.05, 4.69) is 15.1 Å². The first-order valence-corrected chi connectivity index (χ1v) is 5.73. The third kappa shape index (κ3) is 1.56. The summed E-state index contributed by atoms with van der Waals surface area (Å²) in [7, 11) is 0. The summed E-state index contributed by atoms with van der Waals surface area (Å²) in [5, 5.41) is 3.14. The van der Waals surface area contributed by atoms with E-state index in [0.717, 1.165) is 0 Å². The van der Waals surface area contributed by atoms with Gasteiger partial charge in [0.1, 0.15) is 4.99 Å². The van der Waals surface area contributed by atoms with Crippen LogP contribution < -0.4 is 11.3 Å². The molecule has 0 bridgehead atoms. The normalized spacial score (nSPS) is 11.2. The summed E-state index contributed by atoms with van der Waals surface area (Å²) >= 11 is 10.7. The minimum absolute atomic E-state index is 0.00102. The Morgan fingerprint density at radius 3 is 2.94 bits per heavy atom. The molecule has 0 aliphatic heterocycles. The van der Waals surface area contributed by atoms with Crippen molar-refractivity contribution in [1.29, 1.82) is 0 Å². The van der Waals surface area contributed by atoms with Crippen molar-refractivity contribution in [2.24, 2.45) is 5.73 Å². The van der Waals surface area contributed by atoms with E-state index in [0.29, 0.717) is 21.8 Å². The fourth-order valence-corrected chi connectivity index (χ4v) is 2.00. The molecule has 0 atom stereocenters. The lowest BCUT2D eigenvalue weighted by atomic mass is 10.3. The molecule has 0 aliphatic carbocycles. The summed E-state index contributed by atoms with van der Waals surface area (Å²) in [6.45, 7) is 0. The molecule has 3 N–H and O–H groups in total. The fraction of sp³-hybridized carbons (Fsp3) is 0. The molecule has 0 radical (unpaired) electrons. The number of hydrogen-bond acceptors (Lipinski definition) is 4. The molecule has 6 nitrogen and oxygen atoms in total. The first kappa shape index (κ1) is 11.1. The van der Waals surface area contributed by atoms with Crippen LogP contribution in [0.3, 0.4) is 0 Å². The first-order chi connectivity index (χ1) is 8.56. The average Bonchev–Trinajstić information content (AvgIpc) is 2.65. The Kier molecular flexibility index (Phi) is 2.32. The number of nitrogens with two attached hydrogens (primary N) is 1. The van der Waals surface area contributed by atoms with Gasteiger partial charge in [0.2, 0.25) is 0 Å². The highest BCUT2D eigenvalue weighted by atomic mass is 35.5. The van der Waals surface area contributed by atoms with Gasteiger partial charge in [0, 0.05) is 5.02 Å². The van der Waals surface area contributed by atoms with Gasteiger partial charge in [0.15, 0.2) is 5.69 Å². The number of hydrogen-bond donors (Lipinski definition) is 2. The van der Waals surface area contributed by atoms with Crippen LogP contribution in [0, 0.1) is 0 Å². The Balaban J connectivity index is 2.48. The number of thiocarbonyl (C=S) groups is 1. The van der Waals surface area contributed by atoms with Gasteiger partial charge < -0.3 is 5.73 Å². The molecule has 2 aromatic heterocycles. The Bertz CT molecular complexity index is 852. The third-order valence-corrected chi connectivity index (χ3v) is 2.90. The van der Waals surface area contributed by atoms with Crippen molar-refractivity contribution in [1.82, 2.24) is 19.6 Å². The topological polar surface area (TPSA) is 89.1 Å². The largest absolute Gasteiger partial charge is 0.388 e. The maximum atomic E-state index is 11.7. The number of H-pyrrole nitrogens is 1. The van der Waals surface area contributed by atoms with Crippen molar-refractivity contribution in [2.45, 2.75) is 0 Å². The lowest BCUT2D eigenvalue weighted by Crippen LogP contribution is -2.26. The van der Waals surface area contributed by atoms with Gasteiger partial charge in [-0.15, -0.1) is 0 Å². The van der Waals surface area contributed by atoms with E-state index >= 15 is 0 Å². The SMILES string of the molecule is NC(=S)c1nc2nc3ccc(Cl)cc3n2[nH]c1=O. The summed E-state index contributed by atoms with van der Waals surface area (Å²) in [5.74, 6) is 0.315. The molecule has 18 heavy (non-hydrogen) atoms. The quantitative estimate of drug-likeness (QED) is 0.645. The Morgan fingerprint density at radius 2 is 2.22 bits per heavy atom. The second-order valence-corrected chi connectivity index (χ2v) is 4.52. The molecule has 0 aliphatic rings. The predicted octanol–water partition coefficient (Wildman–Crippen LogP) is 0.858. The van der Waals surface area contributed by atoms with E-state index in [4.69, 9.17) is 29.6 Å². The van der Waals surface area contributed by atoms with Crippen LogP contribution in [0.2, 0.25) is 5.02 Å². The number of aromatic nitrogens is 4. The Morgan fingerprint density at radius 1 is 1.44 bits per heavy atom. The van der Waals surface area contributed by atoms with E-state index in [9.17, 15) is 4.79 Å². The van der Waals surface area contributed by atoms with Crippen LogP contribution in [-0.2, 0) is 0 Å². The summed E-state index contributed by atoms with van der Waals surface area (Å²) in [4.78, 5) is 20.0. The Hall–Kier alpha value is -1.99. The maximum absolute atomic E-state index is 11.7. The molecule has 3 aromatic rings. The van der Waals surface area contributed by atoms with Gasteiger partial charge in [-0.3, -0.25) is 9.89 Å². The molecule has 0 fully saturated rings. The summed E-state index contributed by atoms with van der Waals surface area (Å²) < 4.78 is 1.45. The van der Waals surface area contributed by atoms with E-state index in [1.54, 1.807) is 18.2 Å². The number of rotatable bonds is 1. The van der Waals surface area contributed by atoms with Crippen LogP contribution in [0.1, 0.15) is 5.69 Å². The zero-order valence-corrected chi connectivity index (χ0v) is 10.4. The number of halogens is 1. The lowest BCUT2D eigenvalue weighted by molar-refractivity contribution is 0.888. The standard InChI is InChI=1S/C10H6ClN5OS/c11-4-1-2-5-6(3-4)16-10(13-5)14-7(8(12)18)9(17)15-16/h1-3H,(H2,12,18)(H,15,17). The molecule has 90 valence electrons. The van der Waals surface area contributed by atoms with E-state index in [-0.39, 0.29) is 10.7 Å². The number of nitrogens with one attached hydrogen (secondary N) is 1. The second-order valence-electron chi connectivity index (χ2n) is 3.65. The highest BCUT2D eigenvalue weighted by Crippen LogP contribution is 2.18. The van der Waals surface area contributed by atoms with Gasteiger partial charge in [-0.05, 0) is 18.2 Å². The first-order valence-electron chi connectivity index (χ1n) is 4.94. The Labute approximate surface area is 110 Å². The van der Waals surface area contributed by atoms with E-state index in [1.807, 2.05) is 0 Å². The number of benzene rings is 1. The van der Waals surface area contributed by atoms with E-state index in [1.165, 1.54) is 4.52 Å². The minimum atomic E-state index is -0.464. The van der Waals surface area contributed by atoms with Gasteiger partial charge >= 0.3 is 0 Å². The number of fused-ring (bicyclic) bond motifs is 3. The van der Waals surface area contributed by atoms with Gasteiger partial charge in [-0.25, -0.2) is 14.5 Å². The molecule has 1 aromatic carbocycles. The van der Waals surface area contributed by atoms with Crippen molar-refractivity contribution in [3.8, 4) is 0 Å². The zero-order valence-electron chi connectivity index (χ0n) is 8.85. The number of imidazole rings is 1. The molecule has 2 heterocycles. The van der Waals surface area contributed by atoms with Gasteiger partial charge in [-0.2, -0.15) is 0 Å². The molecule has 0 saturated heterocycles. The molecule has 8 heteroatoms. The number of nitrogens with zero attached hydrogens (tertiary/aromatic N) is 3. The molecule has 0 spiro atoms. The van der Waals surface area contributed by atoms with Gasteiger partial charge in [0.25, 0.3) is 11.3 Å². The average molecular weight is 280 g/mol. The summed E-state index contributed by atoms with van der Waals surface area (Å²) in [6, 6.07) is 5.14. The minimum Gasteiger partial charge on any atom is -0.388 e. The summed E-state index contributed by atoms with van der Waals surface area (Å²) in [6.07, 6.45) is 0. The van der Waals surface area contributed by atoms with Crippen molar-refractivity contribution < 1.29 is 0 Å². The smallest absolute Gasteiger partial charge is 0.291 e. The van der Waals surface area contributed by atoms with Crippen LogP contribution in [-0.4, -0.2) is 24.6 Å². The molecule has 3 rings (SSSR count). The van der Waals surface area contributed by atoms with Crippen molar-refractivity contribution >= 4 is 45.6 Å². The van der Waals surface area contributed by atoms with Crippen LogP contribution in [0.5, 0.6) is 0 Å². The second kappa shape index (κ2) is 3.76. The zero-order chi connectivity index (χ0) is 12.9. The summed E-state index contributed by atoms with van der Waals surface area (Å²) in [5.41, 5.74) is 6.28. The molecular weight excluding hydrogens is 274 g/mol. The van der Waals surface area contributed by atoms with Crippen LogP contribution >= 0.6 is 23.8 Å². The molecule has 0 saturated carbocycles. The third-order valence-electron chi connectivity index (χ3n) is 2.47. The van der Waals surface area contributed by atoms with Crippen molar-refractivity contribution in [3.63, 3.8) is 0 Å². The lowest BCUT2D eigenvalue weighted by Gasteiger charge is -1.98. The maximum Gasteiger partial charge on any atom is 0.291 e. The molecule has 0 unspecified atom stereocenters. The van der Waals surface area contributed by atoms with Gasteiger partial charge in [-0.1, -0.05) is 23.8 Å². The van der Waals surface area contributed by atoms with Crippen LogP contribution in [0.4, 0.5) is 0 Å². The fourth-order valence-electron chi connectivity index (χ4n) is 1.69. The van der Waals surface area contributed by atoms with Gasteiger partial charge in [0.05, 0.1) is 11.0 Å². The van der Waals surface area contributed by atoms with Crippen LogP contribution in [0.15, 0.2) is 23.0 Å². The van der Waals surface area contributed by atoms with Crippen molar-refractivity contribution in [3.05, 3.63) is 39.3 Å². The monoisotopic (exact) mass is 279 g/mol. The van der Waals surface area contributed by atoms with Crippen LogP contribution in [0.25, 0.3) is 16.8 Å². The molecular formula is C10H6ClN5OS. The predicted molar refractivity (Wildman–Crippen MR) is 72.0 cm³/mol. The van der Waals surface area contributed by atoms with Crippen molar-refractivity contribution in [2.75, 3.05) is 0 Å². The number of aromatic amines is 1. The highest BCUT2D eigenvalue weighted by molar-refractivity contribution is 7.80. The highest BCUT2D eigenvalue weighted by Gasteiger charge is 2.11.